The Morgan fingerprint density at radius 2 is 0.479 bits per heavy atom. The van der Waals surface area contributed by atoms with E-state index in [-0.39, 0.29) is 0 Å². The zero-order chi connectivity index (χ0) is 94.6. The van der Waals surface area contributed by atoms with Gasteiger partial charge < -0.3 is 14.0 Å². The van der Waals surface area contributed by atoms with Crippen molar-refractivity contribution in [3.63, 3.8) is 0 Å². The molecule has 0 fully saturated rings. The number of aromatic nitrogens is 6. The lowest BCUT2D eigenvalue weighted by atomic mass is 9.85. The molecular formula is C137H85N7. The van der Waals surface area contributed by atoms with E-state index in [1.807, 2.05) is 12.1 Å². The molecule has 0 atom stereocenters. The SMILES string of the molecule is c1ccc(-c2cc3ccccc3nc2-n2cc3c4c(cccc42)-c2c(c4ccccc4c4ccccc24)-c2ccccc2-3)cc1.c1ccc(-c2nc(-n3cc4c5c(cccc53)-c3c(c5ccccc5c5ccccc35)-c3ccccc3-4)nc3ccccc23)cc1.c1ccc(N(c2ccccc2)c2ccc(-c3ccc(-n4cc5c6c(cccc64)-c4c(c6ccccc6c6ccccc46)-c4ccccc4-5)cc3)cc2)cc1. The minimum atomic E-state index is 0.669. The zero-order valence-corrected chi connectivity index (χ0v) is 78.2. The van der Waals surface area contributed by atoms with Gasteiger partial charge in [0, 0.05) is 96.1 Å². The highest BCUT2D eigenvalue weighted by Crippen LogP contribution is 2.59. The van der Waals surface area contributed by atoms with E-state index in [0.717, 1.165) is 83.8 Å². The first-order chi connectivity index (χ1) is 71.5. The van der Waals surface area contributed by atoms with Gasteiger partial charge >= 0.3 is 0 Å². The Hall–Kier alpha value is -19.2. The van der Waals surface area contributed by atoms with Gasteiger partial charge in [-0.25, -0.2) is 15.0 Å². The molecule has 31 rings (SSSR count). The fourth-order valence-electron chi connectivity index (χ4n) is 23.9. The summed E-state index contributed by atoms with van der Waals surface area (Å²) in [5.41, 5.74) is 39.4. The largest absolute Gasteiger partial charge is 0.316 e. The van der Waals surface area contributed by atoms with Gasteiger partial charge in [-0.15, -0.1) is 0 Å². The molecule has 28 aromatic rings. The van der Waals surface area contributed by atoms with Crippen molar-refractivity contribution in [2.24, 2.45) is 0 Å². The van der Waals surface area contributed by atoms with Gasteiger partial charge in [0.25, 0.3) is 0 Å². The lowest BCUT2D eigenvalue weighted by Crippen LogP contribution is -2.09. The van der Waals surface area contributed by atoms with E-state index in [1.54, 1.807) is 0 Å². The molecule has 0 radical (unpaired) electrons. The number of hydrogen-bond donors (Lipinski definition) is 0. The third-order valence-electron chi connectivity index (χ3n) is 30.1. The molecule has 144 heavy (non-hydrogen) atoms. The third-order valence-corrected chi connectivity index (χ3v) is 30.1. The van der Waals surface area contributed by atoms with Crippen molar-refractivity contribution in [2.75, 3.05) is 4.90 Å². The average Bonchev–Trinajstić information content (AvgIpc) is 1.52. The maximum Gasteiger partial charge on any atom is 0.235 e. The molecule has 0 bridgehead atoms. The number of rotatable bonds is 9. The van der Waals surface area contributed by atoms with Gasteiger partial charge in [0.2, 0.25) is 5.95 Å². The molecule has 0 saturated carbocycles. The van der Waals surface area contributed by atoms with Gasteiger partial charge in [-0.1, -0.05) is 413 Å². The number of benzene rings is 23. The topological polar surface area (TPSA) is 56.7 Å². The summed E-state index contributed by atoms with van der Waals surface area (Å²) < 4.78 is 6.90. The normalized spacial score (nSPS) is 11.9. The van der Waals surface area contributed by atoms with Gasteiger partial charge in [-0.2, -0.15) is 0 Å². The number of fused-ring (bicyclic) bond motifs is 32. The Morgan fingerprint density at radius 1 is 0.174 bits per heavy atom. The van der Waals surface area contributed by atoms with E-state index in [9.17, 15) is 0 Å². The summed E-state index contributed by atoms with van der Waals surface area (Å²) in [6, 6.07) is 179. The Morgan fingerprint density at radius 3 is 0.910 bits per heavy atom. The minimum absolute atomic E-state index is 0.669. The van der Waals surface area contributed by atoms with Crippen LogP contribution in [-0.2, 0) is 0 Å². The van der Waals surface area contributed by atoms with Gasteiger partial charge in [-0.05, 0) is 250 Å². The number of anilines is 3. The third kappa shape index (κ3) is 12.9. The molecule has 23 aromatic carbocycles. The Balaban J connectivity index is 0.000000103. The summed E-state index contributed by atoms with van der Waals surface area (Å²) >= 11 is 0. The van der Waals surface area contributed by atoms with Crippen LogP contribution in [0.15, 0.2) is 516 Å². The maximum absolute atomic E-state index is 5.35. The molecule has 3 aliphatic carbocycles. The van der Waals surface area contributed by atoms with Gasteiger partial charge in [0.1, 0.15) is 5.82 Å². The Kier molecular flexibility index (Phi) is 18.9. The van der Waals surface area contributed by atoms with Crippen LogP contribution in [-0.4, -0.2) is 28.7 Å². The van der Waals surface area contributed by atoms with Gasteiger partial charge in [-0.3, -0.25) is 4.57 Å². The van der Waals surface area contributed by atoms with E-state index >= 15 is 0 Å². The smallest absolute Gasteiger partial charge is 0.235 e. The lowest BCUT2D eigenvalue weighted by molar-refractivity contribution is 0.985. The van der Waals surface area contributed by atoms with Crippen LogP contribution in [0.1, 0.15) is 0 Å². The van der Waals surface area contributed by atoms with E-state index in [1.165, 1.54) is 198 Å². The molecule has 0 saturated heterocycles. The number of hydrogen-bond acceptors (Lipinski definition) is 4. The first kappa shape index (κ1) is 81.9. The number of nitrogens with zero attached hydrogens (tertiary/aromatic N) is 7. The first-order valence-electron chi connectivity index (χ1n) is 49.4. The van der Waals surface area contributed by atoms with E-state index in [2.05, 4.69) is 523 Å². The summed E-state index contributed by atoms with van der Waals surface area (Å²) in [6.07, 6.45) is 6.93. The number of para-hydroxylation sites is 4. The highest BCUT2D eigenvalue weighted by molar-refractivity contribution is 6.31. The highest BCUT2D eigenvalue weighted by atomic mass is 15.2. The molecule has 0 spiro atoms. The number of pyridine rings is 1. The lowest BCUT2D eigenvalue weighted by Gasteiger charge is -2.25. The Bertz CT molecular complexity index is 10100. The second-order valence-corrected chi connectivity index (χ2v) is 37.8. The fourth-order valence-corrected chi connectivity index (χ4v) is 23.9. The van der Waals surface area contributed by atoms with E-state index in [4.69, 9.17) is 15.0 Å². The average molecular weight is 1830 g/mol. The van der Waals surface area contributed by atoms with Crippen molar-refractivity contribution in [1.29, 1.82) is 0 Å². The second-order valence-electron chi connectivity index (χ2n) is 37.8. The van der Waals surface area contributed by atoms with Crippen LogP contribution in [0.25, 0.3) is 270 Å². The molecule has 0 amide bonds. The van der Waals surface area contributed by atoms with Crippen LogP contribution >= 0.6 is 0 Å². The van der Waals surface area contributed by atoms with Gasteiger partial charge in [0.05, 0.1) is 33.3 Å². The predicted molar refractivity (Wildman–Crippen MR) is 604 cm³/mol. The van der Waals surface area contributed by atoms with E-state index < -0.39 is 0 Å². The summed E-state index contributed by atoms with van der Waals surface area (Å²) in [7, 11) is 0. The van der Waals surface area contributed by atoms with Crippen molar-refractivity contribution in [3.05, 3.63) is 516 Å². The fraction of sp³-hybridized carbons (Fsp3) is 0. The van der Waals surface area contributed by atoms with Gasteiger partial charge in [0.15, 0.2) is 0 Å². The summed E-state index contributed by atoms with van der Waals surface area (Å²) in [5, 5.41) is 21.4. The molecule has 0 aliphatic heterocycles. The van der Waals surface area contributed by atoms with Crippen LogP contribution in [0, 0.1) is 0 Å². The zero-order valence-electron chi connectivity index (χ0n) is 78.2. The molecule has 0 N–H and O–H groups in total. The molecule has 668 valence electrons. The molecule has 0 unspecified atom stereocenters. The van der Waals surface area contributed by atoms with Crippen LogP contribution in [0.2, 0.25) is 0 Å². The summed E-state index contributed by atoms with van der Waals surface area (Å²) in [5.74, 6) is 1.61. The molecule has 7 heteroatoms. The Labute approximate surface area is 831 Å². The van der Waals surface area contributed by atoms with Crippen molar-refractivity contribution in [1.82, 2.24) is 28.7 Å². The van der Waals surface area contributed by atoms with Crippen LogP contribution < -0.4 is 4.90 Å². The van der Waals surface area contributed by atoms with E-state index in [0.29, 0.717) is 5.95 Å². The second kappa shape index (κ2) is 33.3. The molecule has 3 aliphatic rings. The van der Waals surface area contributed by atoms with Crippen LogP contribution in [0.5, 0.6) is 0 Å². The first-order valence-corrected chi connectivity index (χ1v) is 49.4. The van der Waals surface area contributed by atoms with Crippen molar-refractivity contribution in [2.45, 2.75) is 0 Å². The minimum Gasteiger partial charge on any atom is -0.316 e. The summed E-state index contributed by atoms with van der Waals surface area (Å²) in [6.45, 7) is 0. The quantitative estimate of drug-likeness (QED) is 0.135. The molecule has 5 aromatic heterocycles. The maximum atomic E-state index is 5.35. The van der Waals surface area contributed by atoms with Crippen LogP contribution in [0.4, 0.5) is 17.1 Å². The van der Waals surface area contributed by atoms with Crippen LogP contribution in [0.3, 0.4) is 0 Å². The van der Waals surface area contributed by atoms with Crippen molar-refractivity contribution < 1.29 is 0 Å². The molecular weight excluding hydrogens is 1740 g/mol. The van der Waals surface area contributed by atoms with Crippen molar-refractivity contribution >= 4 is 136 Å². The highest BCUT2D eigenvalue weighted by Gasteiger charge is 2.34. The standard InChI is InChI=1S/C52H34N2.C43H26N2.C42H25N3/c1-3-14-38(15-4-1)54(39-16-5-2-6-17-39)40-32-28-36(29-33-40)35-26-30-37(31-27-35)53-34-48-43-20-9-12-23-46(43)51-44-21-10-7-18-41(44)42-19-8-11-22-45(42)52(51)47-24-13-25-49(53)50(47)48;1-2-13-27(14-3-1)36-25-28-15-4-11-23-38(28)44-43(36)45-26-37-31-18-7-10-21-34(31)41-32-19-8-5-16-29(32)30-17-6-9-20-33(30)42(41)35-22-12-24-39(45)40(35)37;1-2-13-26(14-3-1)41-33-21-10-11-23-36(33)43-42(44-41)45-25-35-29-17-6-9-20-32(29)39-30-18-7-4-15-27(30)28-16-5-8-19-31(28)40(39)34-22-12-24-37(45)38(34)35/h1-34H;1-26H;1-25H. The monoisotopic (exact) mass is 1830 g/mol. The molecule has 7 nitrogen and oxygen atoms in total. The predicted octanol–water partition coefficient (Wildman–Crippen LogP) is 36.7. The molecule has 5 heterocycles. The van der Waals surface area contributed by atoms with Crippen molar-refractivity contribution in [3.8, 4) is 151 Å². The summed E-state index contributed by atoms with van der Waals surface area (Å²) in [4.78, 5) is 18.0.